The van der Waals surface area contributed by atoms with Gasteiger partial charge in [0.2, 0.25) is 23.0 Å². The zero-order chi connectivity index (χ0) is 90.1. The van der Waals surface area contributed by atoms with E-state index in [1.165, 1.54) is 424 Å². The Hall–Kier alpha value is -4.52. The van der Waals surface area contributed by atoms with Gasteiger partial charge in [-0.3, -0.25) is 0 Å². The van der Waals surface area contributed by atoms with Crippen molar-refractivity contribution in [2.75, 3.05) is 46.8 Å². The summed E-state index contributed by atoms with van der Waals surface area (Å²) in [5.41, 5.74) is 0. The van der Waals surface area contributed by atoms with Crippen molar-refractivity contribution in [2.45, 2.75) is 504 Å². The van der Waals surface area contributed by atoms with Crippen LogP contribution in [0.25, 0.3) is 0 Å². The van der Waals surface area contributed by atoms with E-state index in [9.17, 15) is 19.2 Å². The quantitative estimate of drug-likeness (QED) is 0.0212. The van der Waals surface area contributed by atoms with E-state index >= 15 is 0 Å². The predicted molar refractivity (Wildman–Crippen MR) is 521 cm³/mol. The van der Waals surface area contributed by atoms with Gasteiger partial charge in [0.15, 0.2) is 9.34 Å². The molecule has 4 heterocycles. The van der Waals surface area contributed by atoms with Crippen LogP contribution in [0.1, 0.15) is 546 Å². The van der Waals surface area contributed by atoms with E-state index < -0.39 is 11.9 Å². The van der Waals surface area contributed by atoms with Gasteiger partial charge in [0.25, 0.3) is 11.9 Å². The van der Waals surface area contributed by atoms with Crippen LogP contribution in [0.2, 0.25) is 0 Å². The molecular formula is C105H188Br2O16. The van der Waals surface area contributed by atoms with E-state index in [0.717, 1.165) is 57.8 Å². The van der Waals surface area contributed by atoms with E-state index in [1.54, 1.807) is 36.4 Å². The third-order valence-corrected chi connectivity index (χ3v) is 23.1. The van der Waals surface area contributed by atoms with Crippen LogP contribution in [0, 0.1) is 0 Å². The summed E-state index contributed by atoms with van der Waals surface area (Å²) in [5, 5.41) is 26.0. The second-order valence-electron chi connectivity index (χ2n) is 34.0. The number of ether oxygens (including phenoxy) is 5. The average Bonchev–Trinajstić information content (AvgIpc) is 1.73. The van der Waals surface area contributed by atoms with Crippen LogP contribution in [0.5, 0.6) is 11.9 Å². The van der Waals surface area contributed by atoms with Crippen molar-refractivity contribution in [3.05, 3.63) is 80.9 Å². The molecule has 0 aromatic carbocycles. The lowest BCUT2D eigenvalue weighted by Crippen LogP contribution is -2.05. The molecule has 0 radical (unpaired) electrons. The highest BCUT2D eigenvalue weighted by Gasteiger charge is 2.16. The Bertz CT molecular complexity index is 2720. The summed E-state index contributed by atoms with van der Waals surface area (Å²) in [4.78, 5) is 45.1. The molecule has 0 aliphatic rings. The third kappa shape index (κ3) is 87.9. The number of hydrogen-bond donors (Lipinski definition) is 3. The number of carbonyl (C=O) groups excluding carboxylic acids is 3. The molecule has 0 aliphatic carbocycles. The van der Waals surface area contributed by atoms with Crippen molar-refractivity contribution < 1.29 is 75.9 Å². The summed E-state index contributed by atoms with van der Waals surface area (Å²) in [7, 11) is 1.30. The Labute approximate surface area is 770 Å². The van der Waals surface area contributed by atoms with Crippen molar-refractivity contribution in [2.24, 2.45) is 0 Å². The number of halogens is 2. The molecule has 4 rings (SSSR count). The summed E-state index contributed by atoms with van der Waals surface area (Å²) in [6.45, 7) is 16.5. The number of aliphatic hydroxyl groups excluding tert-OH is 2. The van der Waals surface area contributed by atoms with Gasteiger partial charge in [0.05, 0.1) is 33.5 Å². The van der Waals surface area contributed by atoms with Gasteiger partial charge in [-0.05, 0) is 107 Å². The maximum absolute atomic E-state index is 12.2. The first-order chi connectivity index (χ1) is 60.3. The fraction of sp³-hybridized carbons (Fsp3) is 0.810. The first-order valence-electron chi connectivity index (χ1n) is 51.2. The number of carboxylic acid groups (broad SMARTS) is 1. The molecular weight excluding hydrogens is 1680 g/mol. The molecule has 0 saturated carbocycles. The summed E-state index contributed by atoms with van der Waals surface area (Å²) in [5.74, 6) is -0.952. The van der Waals surface area contributed by atoms with Crippen LogP contribution >= 0.6 is 31.9 Å². The molecule has 0 bridgehead atoms. The summed E-state index contributed by atoms with van der Waals surface area (Å²) >= 11 is 6.22. The normalized spacial score (nSPS) is 10.8. The minimum Gasteiger partial charge on any atom is -0.475 e. The molecule has 0 saturated heterocycles. The van der Waals surface area contributed by atoms with Gasteiger partial charge < -0.3 is 56.7 Å². The topological polar surface area (TPSA) is 228 Å². The van der Waals surface area contributed by atoms with Gasteiger partial charge in [-0.1, -0.05) is 465 Å². The molecule has 0 atom stereocenters. The molecule has 16 nitrogen and oxygen atoms in total. The summed E-state index contributed by atoms with van der Waals surface area (Å²) < 4.78 is 47.7. The molecule has 123 heavy (non-hydrogen) atoms. The van der Waals surface area contributed by atoms with Crippen molar-refractivity contribution in [1.29, 1.82) is 0 Å². The Morgan fingerprint density at radius 3 is 0.634 bits per heavy atom. The monoisotopic (exact) mass is 1860 g/mol. The summed E-state index contributed by atoms with van der Waals surface area (Å²) in [6.07, 6.45) is 95.3. The van der Waals surface area contributed by atoms with Crippen molar-refractivity contribution in [1.82, 2.24) is 0 Å². The van der Waals surface area contributed by atoms with Gasteiger partial charge in [-0.25, -0.2) is 19.2 Å². The maximum atomic E-state index is 12.2. The highest BCUT2D eigenvalue weighted by atomic mass is 79.9. The Morgan fingerprint density at radius 1 is 0.244 bits per heavy atom. The number of rotatable bonds is 82. The second kappa shape index (κ2) is 99.6. The molecule has 18 heteroatoms. The average molecular weight is 1870 g/mol. The number of aliphatic hydroxyl groups is 2. The van der Waals surface area contributed by atoms with E-state index in [1.807, 2.05) is 0 Å². The van der Waals surface area contributed by atoms with Gasteiger partial charge in [0.1, 0.15) is 0 Å². The largest absolute Gasteiger partial charge is 0.475 e. The third-order valence-electron chi connectivity index (χ3n) is 22.3. The predicted octanol–water partition coefficient (Wildman–Crippen LogP) is 35.4. The van der Waals surface area contributed by atoms with Crippen LogP contribution in [-0.4, -0.2) is 85.9 Å². The SMILES string of the molecule is CCCCCCCCCCCCCCO.CCCCCCCCCCCCCCO.CCCCCCCCCCCCCCOC(=O)c1ccc(Br)o1.CCCCCCCCCCCCCCOC(=O)c1ccc(OCCCCCCCCCCCCCC)o1.CCCCCCCCCCCCCCOc1ccc(C(=O)O)o1.COC(=O)c1ccc(Br)o1. The van der Waals surface area contributed by atoms with E-state index in [0.29, 0.717) is 60.9 Å². The number of unbranched alkanes of at least 4 members (excludes halogenated alkanes) is 66. The lowest BCUT2D eigenvalue weighted by atomic mass is 10.1. The first-order valence-corrected chi connectivity index (χ1v) is 52.7. The fourth-order valence-electron chi connectivity index (χ4n) is 14.5. The second-order valence-corrected chi connectivity index (χ2v) is 35.6. The molecule has 718 valence electrons. The van der Waals surface area contributed by atoms with Crippen molar-refractivity contribution >= 4 is 55.7 Å². The lowest BCUT2D eigenvalue weighted by molar-refractivity contribution is 0.0448. The van der Waals surface area contributed by atoms with Crippen LogP contribution < -0.4 is 9.47 Å². The Kier molecular flexibility index (Phi) is 97.6. The van der Waals surface area contributed by atoms with Gasteiger partial charge in [0, 0.05) is 25.3 Å². The maximum Gasteiger partial charge on any atom is 0.374 e. The Balaban J connectivity index is 0. The molecule has 0 unspecified atom stereocenters. The molecule has 4 aromatic heterocycles. The van der Waals surface area contributed by atoms with Crippen LogP contribution in [0.4, 0.5) is 0 Å². The zero-order valence-corrected chi connectivity index (χ0v) is 83.3. The highest BCUT2D eigenvalue weighted by molar-refractivity contribution is 9.10. The molecule has 0 amide bonds. The number of furan rings is 4. The highest BCUT2D eigenvalue weighted by Crippen LogP contribution is 2.24. The summed E-state index contributed by atoms with van der Waals surface area (Å²) in [6, 6.07) is 12.8. The van der Waals surface area contributed by atoms with E-state index in [-0.39, 0.29) is 35.0 Å². The molecule has 3 N–H and O–H groups in total. The molecule has 0 fully saturated rings. The van der Waals surface area contributed by atoms with Gasteiger partial charge >= 0.3 is 23.9 Å². The van der Waals surface area contributed by atoms with Crippen LogP contribution in [0.3, 0.4) is 0 Å². The van der Waals surface area contributed by atoms with Crippen LogP contribution in [0.15, 0.2) is 75.5 Å². The Morgan fingerprint density at radius 2 is 0.431 bits per heavy atom. The van der Waals surface area contributed by atoms with E-state index in [4.69, 9.17) is 51.9 Å². The van der Waals surface area contributed by atoms with Crippen molar-refractivity contribution in [3.8, 4) is 11.9 Å². The van der Waals surface area contributed by atoms with Crippen molar-refractivity contribution in [3.63, 3.8) is 0 Å². The van der Waals surface area contributed by atoms with E-state index in [2.05, 4.69) is 78.1 Å². The number of carbonyl (C=O) groups is 4. The molecule has 0 aliphatic heterocycles. The fourth-order valence-corrected chi connectivity index (χ4v) is 15.1. The number of aromatic carboxylic acids is 1. The first kappa shape index (κ1) is 121. The van der Waals surface area contributed by atoms with Gasteiger partial charge in [-0.2, -0.15) is 0 Å². The minimum atomic E-state index is -1.06. The van der Waals surface area contributed by atoms with Crippen LogP contribution in [-0.2, 0) is 14.2 Å². The minimum absolute atomic E-state index is 0.0744. The standard InChI is InChI=1S/C33H60O4.C19H31BrO3.C19H32O4.2C14H30O.C6H5BrO3/c1-3-5-7-9-11-13-15-17-19-21-23-25-29-35-32-28-27-31(37-32)33(34)36-30-26-24-22-20-18-16-14-12-10-8-6-4-2;1-2-3-4-5-6-7-8-9-10-11-12-13-16-22-19(21)17-14-15-18(20)23-17;1-2-3-4-5-6-7-8-9-10-11-12-13-16-22-18-15-14-17(23-18)19(20)21;2*1-2-3-4-5-6-7-8-9-10-11-12-13-14-15;1-9-6(8)4-2-3-5(7)10-4/h27-28H,3-26,29-30H2,1-2H3;14-15H,2-13,16H2,1H3;14-15H,2-13,16H2,1H3,(H,20,21);2*15H,2-14H2,1H3;2-3H,1H3. The number of methoxy groups -OCH3 is 1. The zero-order valence-electron chi connectivity index (χ0n) is 80.2. The van der Waals surface area contributed by atoms with Gasteiger partial charge in [-0.15, -0.1) is 0 Å². The smallest absolute Gasteiger partial charge is 0.374 e. The lowest BCUT2D eigenvalue weighted by Gasteiger charge is -2.05. The molecule has 0 spiro atoms. The number of esters is 3. The number of hydrogen-bond acceptors (Lipinski definition) is 15. The number of carboxylic acids is 1. The molecule has 4 aromatic rings.